The number of rotatable bonds is 7. The molecule has 1 saturated heterocycles. The van der Waals surface area contributed by atoms with Gasteiger partial charge in [0.05, 0.1) is 6.10 Å². The molecule has 16 heavy (non-hydrogen) atoms. The quantitative estimate of drug-likeness (QED) is 0.719. The van der Waals surface area contributed by atoms with Crippen LogP contribution in [0, 0.1) is 11.8 Å². The molecule has 0 aromatic heterocycles. The van der Waals surface area contributed by atoms with Gasteiger partial charge >= 0.3 is 0 Å². The van der Waals surface area contributed by atoms with Crippen molar-refractivity contribution in [1.29, 1.82) is 0 Å². The molecule has 2 aliphatic rings. The van der Waals surface area contributed by atoms with Gasteiger partial charge in [-0.3, -0.25) is 0 Å². The van der Waals surface area contributed by atoms with Crippen molar-refractivity contribution in [2.45, 2.75) is 64.5 Å². The maximum Gasteiger partial charge on any atom is 0.0616 e. The molecule has 3 unspecified atom stereocenters. The summed E-state index contributed by atoms with van der Waals surface area (Å²) in [5.74, 6) is 1.83. The van der Waals surface area contributed by atoms with E-state index in [1.54, 1.807) is 0 Å². The number of ether oxygens (including phenoxy) is 1. The van der Waals surface area contributed by atoms with E-state index in [1.807, 2.05) is 0 Å². The maximum absolute atomic E-state index is 5.82. The van der Waals surface area contributed by atoms with Gasteiger partial charge in [0.1, 0.15) is 0 Å². The van der Waals surface area contributed by atoms with E-state index >= 15 is 0 Å². The second-order valence-electron chi connectivity index (χ2n) is 5.45. The van der Waals surface area contributed by atoms with Crippen molar-refractivity contribution in [3.8, 4) is 0 Å². The normalized spacial score (nSPS) is 31.9. The van der Waals surface area contributed by atoms with Crippen LogP contribution in [-0.2, 0) is 4.74 Å². The van der Waals surface area contributed by atoms with Crippen LogP contribution >= 0.6 is 0 Å². The van der Waals surface area contributed by atoms with E-state index in [0.717, 1.165) is 25.0 Å². The first kappa shape index (κ1) is 12.4. The number of hydrogen-bond donors (Lipinski definition) is 1. The van der Waals surface area contributed by atoms with Gasteiger partial charge < -0.3 is 10.1 Å². The Kier molecular flexibility index (Phi) is 4.66. The fourth-order valence-corrected chi connectivity index (χ4v) is 3.10. The summed E-state index contributed by atoms with van der Waals surface area (Å²) in [4.78, 5) is 0. The predicted molar refractivity (Wildman–Crippen MR) is 67.6 cm³/mol. The van der Waals surface area contributed by atoms with Crippen LogP contribution in [0.2, 0.25) is 0 Å². The zero-order chi connectivity index (χ0) is 11.4. The molecule has 1 saturated carbocycles. The SMILES string of the molecule is CCNC(CCC1CC1)C1CCOC1CC. The molecule has 94 valence electrons. The Morgan fingerprint density at radius 2 is 2.06 bits per heavy atom. The lowest BCUT2D eigenvalue weighted by atomic mass is 9.88. The molecule has 3 atom stereocenters. The first-order chi connectivity index (χ1) is 7.85. The smallest absolute Gasteiger partial charge is 0.0616 e. The Morgan fingerprint density at radius 3 is 2.69 bits per heavy atom. The van der Waals surface area contributed by atoms with Gasteiger partial charge in [-0.2, -0.15) is 0 Å². The van der Waals surface area contributed by atoms with E-state index in [-0.39, 0.29) is 0 Å². The standard InChI is InChI=1S/C14H27NO/c1-3-14-12(9-10-16-14)13(15-4-2)8-7-11-5-6-11/h11-15H,3-10H2,1-2H3. The lowest BCUT2D eigenvalue weighted by Crippen LogP contribution is -2.39. The second-order valence-corrected chi connectivity index (χ2v) is 5.45. The third kappa shape index (κ3) is 3.21. The van der Waals surface area contributed by atoms with Crippen LogP contribution in [0.25, 0.3) is 0 Å². The molecule has 1 aliphatic carbocycles. The van der Waals surface area contributed by atoms with Crippen LogP contribution in [0.4, 0.5) is 0 Å². The highest BCUT2D eigenvalue weighted by molar-refractivity contribution is 4.87. The summed E-state index contributed by atoms with van der Waals surface area (Å²) in [5, 5.41) is 3.69. The van der Waals surface area contributed by atoms with Crippen LogP contribution in [0.3, 0.4) is 0 Å². The van der Waals surface area contributed by atoms with E-state index < -0.39 is 0 Å². The molecule has 1 aliphatic heterocycles. The second kappa shape index (κ2) is 6.02. The summed E-state index contributed by atoms with van der Waals surface area (Å²) in [5.41, 5.74) is 0. The molecule has 0 amide bonds. The first-order valence-electron chi connectivity index (χ1n) is 7.20. The fraction of sp³-hybridized carbons (Fsp3) is 1.00. The minimum absolute atomic E-state index is 0.517. The van der Waals surface area contributed by atoms with E-state index in [1.165, 1.54) is 38.5 Å². The molecular weight excluding hydrogens is 198 g/mol. The van der Waals surface area contributed by atoms with Crippen LogP contribution < -0.4 is 5.32 Å². The number of nitrogens with one attached hydrogen (secondary N) is 1. The maximum atomic E-state index is 5.82. The highest BCUT2D eigenvalue weighted by atomic mass is 16.5. The van der Waals surface area contributed by atoms with E-state index in [4.69, 9.17) is 4.74 Å². The minimum Gasteiger partial charge on any atom is -0.378 e. The first-order valence-corrected chi connectivity index (χ1v) is 7.20. The molecule has 1 N–H and O–H groups in total. The Hall–Kier alpha value is -0.0800. The average Bonchev–Trinajstić information content (AvgIpc) is 3.00. The van der Waals surface area contributed by atoms with Crippen LogP contribution in [0.5, 0.6) is 0 Å². The summed E-state index contributed by atoms with van der Waals surface area (Å²) < 4.78 is 5.82. The highest BCUT2D eigenvalue weighted by Gasteiger charge is 2.34. The molecule has 2 fully saturated rings. The zero-order valence-electron chi connectivity index (χ0n) is 10.9. The Balaban J connectivity index is 1.82. The molecule has 0 radical (unpaired) electrons. The van der Waals surface area contributed by atoms with Crippen LogP contribution in [0.15, 0.2) is 0 Å². The van der Waals surface area contributed by atoms with Gasteiger partial charge in [0.2, 0.25) is 0 Å². The fourth-order valence-electron chi connectivity index (χ4n) is 3.10. The predicted octanol–water partition coefficient (Wildman–Crippen LogP) is 2.97. The van der Waals surface area contributed by atoms with Gasteiger partial charge in [-0.15, -0.1) is 0 Å². The molecule has 0 bridgehead atoms. The van der Waals surface area contributed by atoms with Crippen molar-refractivity contribution >= 4 is 0 Å². The lowest BCUT2D eigenvalue weighted by Gasteiger charge is -2.28. The van der Waals surface area contributed by atoms with Gasteiger partial charge in [0, 0.05) is 18.6 Å². The molecule has 2 rings (SSSR count). The summed E-state index contributed by atoms with van der Waals surface area (Å²) in [6.45, 7) is 6.56. The molecule has 1 heterocycles. The molecule has 2 heteroatoms. The minimum atomic E-state index is 0.517. The molecule has 0 spiro atoms. The topological polar surface area (TPSA) is 21.3 Å². The van der Waals surface area contributed by atoms with E-state index in [0.29, 0.717) is 12.1 Å². The largest absolute Gasteiger partial charge is 0.378 e. The Morgan fingerprint density at radius 1 is 1.25 bits per heavy atom. The third-order valence-corrected chi connectivity index (χ3v) is 4.23. The Labute approximate surface area is 100 Å². The molecule has 0 aromatic rings. The van der Waals surface area contributed by atoms with Gasteiger partial charge in [-0.1, -0.05) is 26.7 Å². The van der Waals surface area contributed by atoms with Crippen LogP contribution in [-0.4, -0.2) is 25.3 Å². The average molecular weight is 225 g/mol. The monoisotopic (exact) mass is 225 g/mol. The van der Waals surface area contributed by atoms with Crippen molar-refractivity contribution < 1.29 is 4.74 Å². The number of hydrogen-bond acceptors (Lipinski definition) is 2. The van der Waals surface area contributed by atoms with Crippen molar-refractivity contribution in [2.24, 2.45) is 11.8 Å². The zero-order valence-corrected chi connectivity index (χ0v) is 10.9. The van der Waals surface area contributed by atoms with E-state index in [2.05, 4.69) is 19.2 Å². The van der Waals surface area contributed by atoms with E-state index in [9.17, 15) is 0 Å². The van der Waals surface area contributed by atoms with Crippen molar-refractivity contribution in [3.05, 3.63) is 0 Å². The summed E-state index contributed by atoms with van der Waals surface area (Å²) >= 11 is 0. The van der Waals surface area contributed by atoms with Gasteiger partial charge in [-0.25, -0.2) is 0 Å². The van der Waals surface area contributed by atoms with Gasteiger partial charge in [0.15, 0.2) is 0 Å². The van der Waals surface area contributed by atoms with Gasteiger partial charge in [-0.05, 0) is 38.1 Å². The van der Waals surface area contributed by atoms with Gasteiger partial charge in [0.25, 0.3) is 0 Å². The molecule has 0 aromatic carbocycles. The molecule has 2 nitrogen and oxygen atoms in total. The summed E-state index contributed by atoms with van der Waals surface area (Å²) in [7, 11) is 0. The molecular formula is C14H27NO. The highest BCUT2D eigenvalue weighted by Crippen LogP contribution is 2.36. The Bertz CT molecular complexity index is 203. The summed E-state index contributed by atoms with van der Waals surface area (Å²) in [6, 6.07) is 0.707. The lowest BCUT2D eigenvalue weighted by molar-refractivity contribution is 0.0762. The van der Waals surface area contributed by atoms with Crippen molar-refractivity contribution in [3.63, 3.8) is 0 Å². The summed E-state index contributed by atoms with van der Waals surface area (Å²) in [6.07, 6.45) is 8.72. The van der Waals surface area contributed by atoms with Crippen molar-refractivity contribution in [1.82, 2.24) is 5.32 Å². The third-order valence-electron chi connectivity index (χ3n) is 4.23. The van der Waals surface area contributed by atoms with Crippen LogP contribution in [0.1, 0.15) is 52.4 Å². The van der Waals surface area contributed by atoms with Crippen molar-refractivity contribution in [2.75, 3.05) is 13.2 Å².